The molecule has 0 aliphatic carbocycles. The van der Waals surface area contributed by atoms with Gasteiger partial charge in [-0.05, 0) is 12.0 Å². The summed E-state index contributed by atoms with van der Waals surface area (Å²) in [6.07, 6.45) is 6.38. The number of carbonyl (C=O) groups excluding carboxylic acids is 2. The second-order valence-corrected chi connectivity index (χ2v) is 3.82. The average Bonchev–Trinajstić information content (AvgIpc) is 2.43. The van der Waals surface area contributed by atoms with Gasteiger partial charge in [0.05, 0.1) is 19.1 Å². The first-order valence-electron chi connectivity index (χ1n) is 5.65. The Morgan fingerprint density at radius 2 is 2.11 bits per heavy atom. The predicted octanol–water partition coefficient (Wildman–Crippen LogP) is 0.217. The zero-order chi connectivity index (χ0) is 13.4. The topological polar surface area (TPSA) is 63.4 Å². The van der Waals surface area contributed by atoms with Crippen LogP contribution in [0.1, 0.15) is 5.56 Å². The van der Waals surface area contributed by atoms with Gasteiger partial charge in [-0.15, -0.1) is 6.42 Å². The van der Waals surface area contributed by atoms with Crippen LogP contribution in [-0.4, -0.2) is 36.2 Å². The molecule has 0 heterocycles. The van der Waals surface area contributed by atoms with Crippen molar-refractivity contribution in [3.05, 3.63) is 35.9 Å². The molecule has 4 heteroatoms. The molecule has 0 saturated heterocycles. The molecule has 4 nitrogen and oxygen atoms in total. The van der Waals surface area contributed by atoms with Gasteiger partial charge in [0.2, 0.25) is 5.91 Å². The van der Waals surface area contributed by atoms with Crippen LogP contribution in [0.25, 0.3) is 0 Å². The molecule has 0 bridgehead atoms. The van der Waals surface area contributed by atoms with Gasteiger partial charge in [-0.2, -0.15) is 0 Å². The van der Waals surface area contributed by atoms with Crippen molar-refractivity contribution in [3.8, 4) is 12.3 Å². The Labute approximate surface area is 107 Å². The van der Waals surface area contributed by atoms with Crippen LogP contribution in [0, 0.1) is 12.3 Å². The zero-order valence-corrected chi connectivity index (χ0v) is 10.1. The molecule has 0 saturated carbocycles. The summed E-state index contributed by atoms with van der Waals surface area (Å²) in [5, 5.41) is 0. The van der Waals surface area contributed by atoms with Crippen LogP contribution in [0.3, 0.4) is 0 Å². The summed E-state index contributed by atoms with van der Waals surface area (Å²) in [4.78, 5) is 24.1. The number of nitrogens with two attached hydrogens (primary N) is 1. The van der Waals surface area contributed by atoms with E-state index in [1.165, 1.54) is 4.90 Å². The first-order chi connectivity index (χ1) is 8.72. The molecule has 0 unspecified atom stereocenters. The highest BCUT2D eigenvalue weighted by atomic mass is 16.2. The standard InChI is InChI=1S/C14H16N2O2/c1-2-8-16(14(18)10-15)13(11-17)9-12-6-4-3-5-7-12/h1,3-7,11,13H,8-10,15H2/t13-/m0/s1. The minimum Gasteiger partial charge on any atom is -0.322 e. The van der Waals surface area contributed by atoms with E-state index in [0.717, 1.165) is 11.8 Å². The highest BCUT2D eigenvalue weighted by molar-refractivity contribution is 5.81. The molecule has 94 valence electrons. The summed E-state index contributed by atoms with van der Waals surface area (Å²) in [5.74, 6) is 2.06. The SMILES string of the molecule is C#CCN(C(=O)CN)[C@H](C=O)Cc1ccccc1. The summed E-state index contributed by atoms with van der Waals surface area (Å²) >= 11 is 0. The number of terminal acetylenes is 1. The third kappa shape index (κ3) is 3.72. The van der Waals surface area contributed by atoms with Crippen molar-refractivity contribution < 1.29 is 9.59 Å². The van der Waals surface area contributed by atoms with Crippen molar-refractivity contribution in [1.82, 2.24) is 4.90 Å². The van der Waals surface area contributed by atoms with Crippen LogP contribution < -0.4 is 5.73 Å². The third-order valence-electron chi connectivity index (χ3n) is 2.60. The minimum absolute atomic E-state index is 0.0896. The third-order valence-corrected chi connectivity index (χ3v) is 2.60. The zero-order valence-electron chi connectivity index (χ0n) is 10.1. The molecule has 2 N–H and O–H groups in total. The van der Waals surface area contributed by atoms with E-state index in [-0.39, 0.29) is 19.0 Å². The Kier molecular flexibility index (Phi) is 5.62. The van der Waals surface area contributed by atoms with Gasteiger partial charge in [0.25, 0.3) is 0 Å². The highest BCUT2D eigenvalue weighted by Crippen LogP contribution is 2.07. The van der Waals surface area contributed by atoms with E-state index in [1.54, 1.807) is 0 Å². The molecule has 0 aromatic heterocycles. The fourth-order valence-corrected chi connectivity index (χ4v) is 1.69. The number of benzene rings is 1. The maximum atomic E-state index is 11.6. The summed E-state index contributed by atoms with van der Waals surface area (Å²) < 4.78 is 0. The molecule has 0 aliphatic rings. The Morgan fingerprint density at radius 3 is 2.61 bits per heavy atom. The molecule has 1 aromatic rings. The second-order valence-electron chi connectivity index (χ2n) is 3.82. The first-order valence-corrected chi connectivity index (χ1v) is 5.65. The number of rotatable bonds is 6. The van der Waals surface area contributed by atoms with E-state index in [0.29, 0.717) is 6.42 Å². The summed E-state index contributed by atoms with van der Waals surface area (Å²) in [6, 6.07) is 8.89. The highest BCUT2D eigenvalue weighted by Gasteiger charge is 2.21. The van der Waals surface area contributed by atoms with E-state index in [1.807, 2.05) is 30.3 Å². The van der Waals surface area contributed by atoms with Gasteiger partial charge in [-0.3, -0.25) is 4.79 Å². The number of carbonyl (C=O) groups is 2. The molecular formula is C14H16N2O2. The largest absolute Gasteiger partial charge is 0.322 e. The normalized spacial score (nSPS) is 11.3. The molecule has 18 heavy (non-hydrogen) atoms. The minimum atomic E-state index is -0.570. The molecule has 1 aromatic carbocycles. The maximum Gasteiger partial charge on any atom is 0.237 e. The van der Waals surface area contributed by atoms with E-state index >= 15 is 0 Å². The number of nitrogens with zero attached hydrogens (tertiary/aromatic N) is 1. The van der Waals surface area contributed by atoms with Crippen LogP contribution in [0.4, 0.5) is 0 Å². The summed E-state index contributed by atoms with van der Waals surface area (Å²) in [6.45, 7) is -0.0624. The Hall–Kier alpha value is -2.12. The lowest BCUT2D eigenvalue weighted by Crippen LogP contribution is -2.45. The van der Waals surface area contributed by atoms with Crippen molar-refractivity contribution in [3.63, 3.8) is 0 Å². The van der Waals surface area contributed by atoms with Gasteiger partial charge >= 0.3 is 0 Å². The molecule has 0 radical (unpaired) electrons. The molecule has 1 rings (SSSR count). The lowest BCUT2D eigenvalue weighted by molar-refractivity contribution is -0.134. The van der Waals surface area contributed by atoms with Crippen LogP contribution in [0.2, 0.25) is 0 Å². The quantitative estimate of drug-likeness (QED) is 0.575. The van der Waals surface area contributed by atoms with Gasteiger partial charge in [-0.25, -0.2) is 0 Å². The Bertz CT molecular complexity index is 437. The van der Waals surface area contributed by atoms with E-state index in [9.17, 15) is 9.59 Å². The second kappa shape index (κ2) is 7.25. The lowest BCUT2D eigenvalue weighted by Gasteiger charge is -2.26. The van der Waals surface area contributed by atoms with Crippen molar-refractivity contribution in [2.45, 2.75) is 12.5 Å². The van der Waals surface area contributed by atoms with Crippen molar-refractivity contribution in [2.75, 3.05) is 13.1 Å². The smallest absolute Gasteiger partial charge is 0.237 e. The fraction of sp³-hybridized carbons (Fsp3) is 0.286. The lowest BCUT2D eigenvalue weighted by atomic mass is 10.1. The van der Waals surface area contributed by atoms with Gasteiger partial charge in [0, 0.05) is 0 Å². The fourth-order valence-electron chi connectivity index (χ4n) is 1.69. The maximum absolute atomic E-state index is 11.6. The van der Waals surface area contributed by atoms with Crippen molar-refractivity contribution in [2.24, 2.45) is 5.73 Å². The van der Waals surface area contributed by atoms with Gasteiger partial charge in [0.15, 0.2) is 0 Å². The molecule has 0 aliphatic heterocycles. The number of hydrogen-bond donors (Lipinski definition) is 1. The molecule has 0 spiro atoms. The van der Waals surface area contributed by atoms with Crippen molar-refractivity contribution >= 4 is 12.2 Å². The molecular weight excluding hydrogens is 228 g/mol. The molecule has 0 fully saturated rings. The number of hydrogen-bond acceptors (Lipinski definition) is 3. The first kappa shape index (κ1) is 13.9. The predicted molar refractivity (Wildman–Crippen MR) is 69.6 cm³/mol. The summed E-state index contributed by atoms with van der Waals surface area (Å²) in [5.41, 5.74) is 6.29. The summed E-state index contributed by atoms with van der Waals surface area (Å²) in [7, 11) is 0. The van der Waals surface area contributed by atoms with E-state index in [4.69, 9.17) is 12.2 Å². The molecule has 1 atom stereocenters. The molecule has 1 amide bonds. The Morgan fingerprint density at radius 1 is 1.44 bits per heavy atom. The average molecular weight is 244 g/mol. The Balaban J connectivity index is 2.83. The van der Waals surface area contributed by atoms with Crippen LogP contribution in [-0.2, 0) is 16.0 Å². The van der Waals surface area contributed by atoms with Gasteiger partial charge in [0.1, 0.15) is 6.29 Å². The number of aldehydes is 1. The number of amides is 1. The van der Waals surface area contributed by atoms with Crippen LogP contribution in [0.5, 0.6) is 0 Å². The van der Waals surface area contributed by atoms with Gasteiger partial charge < -0.3 is 15.4 Å². The van der Waals surface area contributed by atoms with E-state index in [2.05, 4.69) is 5.92 Å². The van der Waals surface area contributed by atoms with Crippen LogP contribution in [0.15, 0.2) is 30.3 Å². The van der Waals surface area contributed by atoms with Gasteiger partial charge in [-0.1, -0.05) is 36.3 Å². The van der Waals surface area contributed by atoms with Crippen LogP contribution >= 0.6 is 0 Å². The monoisotopic (exact) mass is 244 g/mol. The van der Waals surface area contributed by atoms with Crippen molar-refractivity contribution in [1.29, 1.82) is 0 Å². The van der Waals surface area contributed by atoms with E-state index < -0.39 is 6.04 Å².